The Morgan fingerprint density at radius 3 is 2.56 bits per heavy atom. The summed E-state index contributed by atoms with van der Waals surface area (Å²) in [5.41, 5.74) is 3.13. The number of amides is 1. The minimum absolute atomic E-state index is 0.189. The molecule has 3 nitrogen and oxygen atoms in total. The average molecular weight is 367 g/mol. The lowest BCUT2D eigenvalue weighted by atomic mass is 9.68. The van der Waals surface area contributed by atoms with E-state index in [1.165, 1.54) is 63.7 Å². The van der Waals surface area contributed by atoms with Crippen LogP contribution in [0.3, 0.4) is 0 Å². The lowest BCUT2D eigenvalue weighted by molar-refractivity contribution is -0.135. The Kier molecular flexibility index (Phi) is 4.54. The van der Waals surface area contributed by atoms with Crippen LogP contribution in [0, 0.1) is 17.8 Å². The SMILES string of the molecule is C[C@@H]1C[C@@H]1C(=O)N1Cc2ccccc2C2(CCN(CC3CCCC3)CC2)C1. The number of carbonyl (C=O) groups is 1. The molecular formula is C24H34N2O. The molecule has 0 N–H and O–H groups in total. The fourth-order valence-corrected chi connectivity index (χ4v) is 6.09. The third-order valence-electron chi connectivity index (χ3n) is 7.99. The number of hydrogen-bond donors (Lipinski definition) is 0. The van der Waals surface area contributed by atoms with Crippen LogP contribution in [-0.4, -0.2) is 41.9 Å². The van der Waals surface area contributed by atoms with E-state index in [4.69, 9.17) is 0 Å². The van der Waals surface area contributed by atoms with Gasteiger partial charge < -0.3 is 9.80 Å². The molecule has 1 amide bonds. The molecule has 0 radical (unpaired) electrons. The Morgan fingerprint density at radius 1 is 1.15 bits per heavy atom. The van der Waals surface area contributed by atoms with Crippen LogP contribution in [0.25, 0.3) is 0 Å². The molecule has 3 heteroatoms. The minimum Gasteiger partial charge on any atom is -0.337 e. The Bertz CT molecular complexity index is 700. The second kappa shape index (κ2) is 6.92. The fraction of sp³-hybridized carbons (Fsp3) is 0.708. The van der Waals surface area contributed by atoms with Crippen molar-refractivity contribution in [2.24, 2.45) is 17.8 Å². The molecule has 1 aromatic rings. The highest BCUT2D eigenvalue weighted by atomic mass is 16.2. The largest absolute Gasteiger partial charge is 0.337 e. The molecule has 2 aliphatic carbocycles. The average Bonchev–Trinajstić information content (AvgIpc) is 3.20. The van der Waals surface area contributed by atoms with Crippen molar-refractivity contribution in [2.45, 2.75) is 63.8 Å². The topological polar surface area (TPSA) is 23.6 Å². The van der Waals surface area contributed by atoms with Crippen molar-refractivity contribution in [2.75, 3.05) is 26.2 Å². The summed E-state index contributed by atoms with van der Waals surface area (Å²) in [5, 5.41) is 0. The Morgan fingerprint density at radius 2 is 1.85 bits per heavy atom. The molecule has 2 saturated carbocycles. The number of piperidine rings is 1. The molecule has 1 aromatic carbocycles. The van der Waals surface area contributed by atoms with E-state index in [0.717, 1.165) is 25.4 Å². The maximum Gasteiger partial charge on any atom is 0.226 e. The zero-order valence-corrected chi connectivity index (χ0v) is 16.8. The highest BCUT2D eigenvalue weighted by Gasteiger charge is 2.47. The van der Waals surface area contributed by atoms with Crippen LogP contribution >= 0.6 is 0 Å². The van der Waals surface area contributed by atoms with E-state index >= 15 is 0 Å². The second-order valence-electron chi connectivity index (χ2n) is 9.90. The molecule has 0 bridgehead atoms. The van der Waals surface area contributed by atoms with Crippen molar-refractivity contribution < 1.29 is 4.79 Å². The number of hydrogen-bond acceptors (Lipinski definition) is 2. The standard InChI is InChI=1S/C24H34N2O/c1-18-14-21(18)23(27)26-16-20-8-4-5-9-22(20)24(17-26)10-12-25(13-11-24)15-19-6-2-3-7-19/h4-5,8-9,18-19,21H,2-3,6-7,10-17H2,1H3/t18-,21+/m1/s1. The molecule has 27 heavy (non-hydrogen) atoms. The number of nitrogens with zero attached hydrogens (tertiary/aromatic N) is 2. The molecule has 2 atom stereocenters. The molecule has 1 saturated heterocycles. The van der Waals surface area contributed by atoms with E-state index in [1.807, 2.05) is 0 Å². The third-order valence-corrected chi connectivity index (χ3v) is 7.99. The maximum absolute atomic E-state index is 13.0. The maximum atomic E-state index is 13.0. The molecule has 0 unspecified atom stereocenters. The Labute approximate surface area is 164 Å². The first-order chi connectivity index (χ1) is 13.1. The van der Waals surface area contributed by atoms with E-state index in [2.05, 4.69) is 41.0 Å². The highest BCUT2D eigenvalue weighted by Crippen LogP contribution is 2.45. The first-order valence-electron chi connectivity index (χ1n) is 11.2. The van der Waals surface area contributed by atoms with Crippen LogP contribution in [0.15, 0.2) is 24.3 Å². The highest BCUT2D eigenvalue weighted by molar-refractivity contribution is 5.82. The zero-order valence-electron chi connectivity index (χ0n) is 16.8. The summed E-state index contributed by atoms with van der Waals surface area (Å²) in [4.78, 5) is 17.9. The van der Waals surface area contributed by atoms with Crippen molar-refractivity contribution in [3.05, 3.63) is 35.4 Å². The first kappa shape index (κ1) is 17.7. The Balaban J connectivity index is 1.33. The van der Waals surface area contributed by atoms with Crippen LogP contribution < -0.4 is 0 Å². The molecular weight excluding hydrogens is 332 g/mol. The van der Waals surface area contributed by atoms with Gasteiger partial charge in [0.05, 0.1) is 0 Å². The van der Waals surface area contributed by atoms with Gasteiger partial charge in [-0.25, -0.2) is 0 Å². The number of benzene rings is 1. The number of rotatable bonds is 3. The van der Waals surface area contributed by atoms with E-state index in [9.17, 15) is 4.79 Å². The van der Waals surface area contributed by atoms with Crippen molar-refractivity contribution in [1.29, 1.82) is 0 Å². The van der Waals surface area contributed by atoms with Gasteiger partial charge in [-0.3, -0.25) is 4.79 Å². The van der Waals surface area contributed by atoms with Crippen LogP contribution in [-0.2, 0) is 16.8 Å². The second-order valence-corrected chi connectivity index (χ2v) is 9.90. The van der Waals surface area contributed by atoms with Gasteiger partial charge in [-0.15, -0.1) is 0 Å². The van der Waals surface area contributed by atoms with Gasteiger partial charge in [0.1, 0.15) is 0 Å². The summed E-state index contributed by atoms with van der Waals surface area (Å²) < 4.78 is 0. The molecule has 146 valence electrons. The number of likely N-dealkylation sites (tertiary alicyclic amines) is 1. The summed E-state index contributed by atoms with van der Waals surface area (Å²) in [6.45, 7) is 7.70. The molecule has 1 spiro atoms. The van der Waals surface area contributed by atoms with Crippen LogP contribution in [0.2, 0.25) is 0 Å². The minimum atomic E-state index is 0.189. The first-order valence-corrected chi connectivity index (χ1v) is 11.2. The van der Waals surface area contributed by atoms with Crippen LogP contribution in [0.4, 0.5) is 0 Å². The normalized spacial score (nSPS) is 30.5. The van der Waals surface area contributed by atoms with E-state index in [-0.39, 0.29) is 5.41 Å². The van der Waals surface area contributed by atoms with Gasteiger partial charge in [0.15, 0.2) is 0 Å². The van der Waals surface area contributed by atoms with E-state index in [0.29, 0.717) is 17.7 Å². The monoisotopic (exact) mass is 366 g/mol. The summed E-state index contributed by atoms with van der Waals surface area (Å²) >= 11 is 0. The van der Waals surface area contributed by atoms with Gasteiger partial charge in [-0.05, 0) is 68.2 Å². The van der Waals surface area contributed by atoms with Gasteiger partial charge in [0, 0.05) is 31.0 Å². The number of fused-ring (bicyclic) bond motifs is 2. The van der Waals surface area contributed by atoms with Gasteiger partial charge in [0.2, 0.25) is 5.91 Å². The predicted octanol–water partition coefficient (Wildman–Crippen LogP) is 4.21. The number of carbonyl (C=O) groups excluding carboxylic acids is 1. The molecule has 3 fully saturated rings. The molecule has 4 aliphatic rings. The summed E-state index contributed by atoms with van der Waals surface area (Å²) in [6.07, 6.45) is 9.26. The van der Waals surface area contributed by atoms with Gasteiger partial charge in [-0.2, -0.15) is 0 Å². The van der Waals surface area contributed by atoms with Gasteiger partial charge in [-0.1, -0.05) is 44.0 Å². The lowest BCUT2D eigenvalue weighted by Crippen LogP contribution is -2.54. The summed E-state index contributed by atoms with van der Waals surface area (Å²) in [6, 6.07) is 8.96. The van der Waals surface area contributed by atoms with Crippen molar-refractivity contribution in [3.8, 4) is 0 Å². The molecule has 5 rings (SSSR count). The van der Waals surface area contributed by atoms with Crippen LogP contribution in [0.1, 0.15) is 63.0 Å². The molecule has 2 aliphatic heterocycles. The van der Waals surface area contributed by atoms with Gasteiger partial charge >= 0.3 is 0 Å². The van der Waals surface area contributed by atoms with Crippen LogP contribution in [0.5, 0.6) is 0 Å². The Hall–Kier alpha value is -1.35. The lowest BCUT2D eigenvalue weighted by Gasteiger charge is -2.49. The van der Waals surface area contributed by atoms with Crippen molar-refractivity contribution >= 4 is 5.91 Å². The van der Waals surface area contributed by atoms with Crippen molar-refractivity contribution in [1.82, 2.24) is 9.80 Å². The van der Waals surface area contributed by atoms with E-state index < -0.39 is 0 Å². The zero-order chi connectivity index (χ0) is 18.4. The quantitative estimate of drug-likeness (QED) is 0.800. The molecule has 2 heterocycles. The van der Waals surface area contributed by atoms with Gasteiger partial charge in [0.25, 0.3) is 0 Å². The molecule has 0 aromatic heterocycles. The van der Waals surface area contributed by atoms with E-state index in [1.54, 1.807) is 5.56 Å². The predicted molar refractivity (Wildman–Crippen MR) is 108 cm³/mol. The smallest absolute Gasteiger partial charge is 0.226 e. The summed E-state index contributed by atoms with van der Waals surface area (Å²) in [7, 11) is 0. The fourth-order valence-electron chi connectivity index (χ4n) is 6.09. The van der Waals surface area contributed by atoms with Crippen molar-refractivity contribution in [3.63, 3.8) is 0 Å². The summed E-state index contributed by atoms with van der Waals surface area (Å²) in [5.74, 6) is 2.26. The third kappa shape index (κ3) is 3.33.